The topological polar surface area (TPSA) is 20.7 Å². The number of alkyl halides is 3. The lowest BCUT2D eigenvalue weighted by Gasteiger charge is -2.07. The Morgan fingerprint density at radius 2 is 1.94 bits per heavy atom. The average Bonchev–Trinajstić information content (AvgIpc) is 2.54. The van der Waals surface area contributed by atoms with Gasteiger partial charge in [0, 0.05) is 13.0 Å². The Hall–Kier alpha value is -1.30. The maximum atomic E-state index is 12.1. The number of aromatic amines is 1. The predicted octanol–water partition coefficient (Wildman–Crippen LogP) is 4.04. The molecule has 0 unspecified atom stereocenters. The number of para-hydroxylation sites is 2. The molecule has 0 spiro atoms. The Bertz CT molecular complexity index is 568. The first-order chi connectivity index (χ1) is 7.97. The molecule has 1 aromatic carbocycles. The number of fused-ring (bicyclic) bond motifs is 1. The van der Waals surface area contributed by atoms with Gasteiger partial charge in [0.1, 0.15) is 0 Å². The summed E-state index contributed by atoms with van der Waals surface area (Å²) < 4.78 is 38.3. The van der Waals surface area contributed by atoms with E-state index in [0.29, 0.717) is 4.77 Å². The minimum Gasteiger partial charge on any atom is -0.331 e. The van der Waals surface area contributed by atoms with Crippen LogP contribution in [0.3, 0.4) is 0 Å². The molecule has 0 bridgehead atoms. The summed E-state index contributed by atoms with van der Waals surface area (Å²) in [6.07, 6.45) is -4.85. The van der Waals surface area contributed by atoms with Crippen molar-refractivity contribution >= 4 is 23.3 Å². The summed E-state index contributed by atoms with van der Waals surface area (Å²) in [7, 11) is 0. The number of hydrogen-bond donors (Lipinski definition) is 1. The third-order valence-electron chi connectivity index (χ3n) is 2.52. The Morgan fingerprint density at radius 3 is 2.65 bits per heavy atom. The first-order valence-corrected chi connectivity index (χ1v) is 5.62. The van der Waals surface area contributed by atoms with Crippen LogP contribution >= 0.6 is 12.2 Å². The van der Waals surface area contributed by atoms with Crippen molar-refractivity contribution in [3.8, 4) is 0 Å². The van der Waals surface area contributed by atoms with E-state index in [0.717, 1.165) is 11.0 Å². The second-order valence-electron chi connectivity index (χ2n) is 3.82. The predicted molar refractivity (Wildman–Crippen MR) is 62.4 cm³/mol. The number of nitrogens with one attached hydrogen (secondary N) is 1. The molecule has 0 saturated heterocycles. The number of H-pyrrole nitrogens is 1. The lowest BCUT2D eigenvalue weighted by Crippen LogP contribution is -2.09. The van der Waals surface area contributed by atoms with Gasteiger partial charge in [0.05, 0.1) is 11.0 Å². The summed E-state index contributed by atoms with van der Waals surface area (Å²) >= 11 is 5.09. The third-order valence-corrected chi connectivity index (χ3v) is 2.85. The van der Waals surface area contributed by atoms with Gasteiger partial charge >= 0.3 is 6.18 Å². The van der Waals surface area contributed by atoms with Crippen LogP contribution in [-0.2, 0) is 6.54 Å². The zero-order chi connectivity index (χ0) is 12.5. The SMILES string of the molecule is FC(F)(F)CCCn1c(=S)[nH]c2ccccc21. The number of aromatic nitrogens is 2. The van der Waals surface area contributed by atoms with Crippen molar-refractivity contribution in [2.45, 2.75) is 25.6 Å². The lowest BCUT2D eigenvalue weighted by atomic mass is 10.3. The maximum Gasteiger partial charge on any atom is 0.389 e. The molecule has 0 fully saturated rings. The number of imidazole rings is 1. The largest absolute Gasteiger partial charge is 0.389 e. The van der Waals surface area contributed by atoms with Crippen LogP contribution in [0.15, 0.2) is 24.3 Å². The van der Waals surface area contributed by atoms with Crippen LogP contribution in [0.2, 0.25) is 0 Å². The summed E-state index contributed by atoms with van der Waals surface area (Å²) in [4.78, 5) is 2.97. The molecule has 17 heavy (non-hydrogen) atoms. The van der Waals surface area contributed by atoms with Gasteiger partial charge in [-0.05, 0) is 30.8 Å². The molecule has 1 heterocycles. The van der Waals surface area contributed by atoms with Crippen molar-refractivity contribution in [1.82, 2.24) is 9.55 Å². The fourth-order valence-corrected chi connectivity index (χ4v) is 2.07. The molecule has 2 rings (SSSR count). The maximum absolute atomic E-state index is 12.1. The number of benzene rings is 1. The molecular weight excluding hydrogens is 249 g/mol. The molecule has 0 aliphatic carbocycles. The molecule has 92 valence electrons. The molecule has 2 aromatic rings. The van der Waals surface area contributed by atoms with E-state index in [4.69, 9.17) is 12.2 Å². The van der Waals surface area contributed by atoms with Crippen LogP contribution in [0.1, 0.15) is 12.8 Å². The van der Waals surface area contributed by atoms with E-state index in [9.17, 15) is 13.2 Å². The summed E-state index contributed by atoms with van der Waals surface area (Å²) in [6.45, 7) is 0.280. The van der Waals surface area contributed by atoms with Crippen LogP contribution in [-0.4, -0.2) is 15.7 Å². The van der Waals surface area contributed by atoms with Gasteiger partial charge < -0.3 is 9.55 Å². The van der Waals surface area contributed by atoms with Crippen molar-refractivity contribution in [1.29, 1.82) is 0 Å². The average molecular weight is 260 g/mol. The fourth-order valence-electron chi connectivity index (χ4n) is 1.77. The number of nitrogens with zero attached hydrogens (tertiary/aromatic N) is 1. The molecule has 0 atom stereocenters. The minimum atomic E-state index is -4.10. The standard InChI is InChI=1S/C11H11F3N2S/c12-11(13,14)6-3-7-16-9-5-2-1-4-8(9)15-10(16)17/h1-2,4-5H,3,6-7H2,(H,15,17). The van der Waals surface area contributed by atoms with E-state index in [1.165, 1.54) is 0 Å². The normalized spacial score (nSPS) is 12.2. The highest BCUT2D eigenvalue weighted by Crippen LogP contribution is 2.22. The zero-order valence-corrected chi connectivity index (χ0v) is 9.74. The summed E-state index contributed by atoms with van der Waals surface area (Å²) in [6, 6.07) is 7.39. The second-order valence-corrected chi connectivity index (χ2v) is 4.20. The Labute approximate surface area is 101 Å². The third kappa shape index (κ3) is 2.88. The van der Waals surface area contributed by atoms with E-state index in [1.54, 1.807) is 4.57 Å². The van der Waals surface area contributed by atoms with E-state index in [2.05, 4.69) is 4.98 Å². The number of halogens is 3. The van der Waals surface area contributed by atoms with Crippen molar-refractivity contribution < 1.29 is 13.2 Å². The fraction of sp³-hybridized carbons (Fsp3) is 0.364. The molecule has 0 amide bonds. The molecule has 0 aliphatic rings. The molecule has 1 N–H and O–H groups in total. The highest BCUT2D eigenvalue weighted by Gasteiger charge is 2.26. The molecular formula is C11H11F3N2S. The quantitative estimate of drug-likeness (QED) is 0.826. The van der Waals surface area contributed by atoms with Gasteiger partial charge in [-0.3, -0.25) is 0 Å². The van der Waals surface area contributed by atoms with Gasteiger partial charge in [0.25, 0.3) is 0 Å². The molecule has 2 nitrogen and oxygen atoms in total. The van der Waals surface area contributed by atoms with Gasteiger partial charge in [-0.1, -0.05) is 12.1 Å². The minimum absolute atomic E-state index is 0.0413. The van der Waals surface area contributed by atoms with Crippen LogP contribution in [0.25, 0.3) is 11.0 Å². The first-order valence-electron chi connectivity index (χ1n) is 5.22. The first kappa shape index (κ1) is 12.2. The smallest absolute Gasteiger partial charge is 0.331 e. The van der Waals surface area contributed by atoms with Gasteiger partial charge in [-0.2, -0.15) is 13.2 Å². The zero-order valence-electron chi connectivity index (χ0n) is 8.92. The van der Waals surface area contributed by atoms with E-state index in [1.807, 2.05) is 24.3 Å². The monoisotopic (exact) mass is 260 g/mol. The molecule has 6 heteroatoms. The van der Waals surface area contributed by atoms with Crippen LogP contribution < -0.4 is 0 Å². The summed E-state index contributed by atoms with van der Waals surface area (Å²) in [5.41, 5.74) is 1.70. The lowest BCUT2D eigenvalue weighted by molar-refractivity contribution is -0.135. The molecule has 0 aliphatic heterocycles. The van der Waals surface area contributed by atoms with Crippen molar-refractivity contribution in [3.63, 3.8) is 0 Å². The Kier molecular flexibility index (Phi) is 3.24. The van der Waals surface area contributed by atoms with Gasteiger partial charge in [0.2, 0.25) is 0 Å². The van der Waals surface area contributed by atoms with Gasteiger partial charge in [0.15, 0.2) is 4.77 Å². The molecule has 0 saturated carbocycles. The highest BCUT2D eigenvalue weighted by molar-refractivity contribution is 7.71. The van der Waals surface area contributed by atoms with Crippen LogP contribution in [0.5, 0.6) is 0 Å². The Balaban J connectivity index is 2.19. The summed E-state index contributed by atoms with van der Waals surface area (Å²) in [5, 5.41) is 0. The molecule has 0 radical (unpaired) electrons. The van der Waals surface area contributed by atoms with Gasteiger partial charge in [-0.25, -0.2) is 0 Å². The van der Waals surface area contributed by atoms with Crippen LogP contribution in [0.4, 0.5) is 13.2 Å². The van der Waals surface area contributed by atoms with Crippen molar-refractivity contribution in [3.05, 3.63) is 29.0 Å². The van der Waals surface area contributed by atoms with E-state index in [-0.39, 0.29) is 13.0 Å². The number of hydrogen-bond acceptors (Lipinski definition) is 1. The highest BCUT2D eigenvalue weighted by atomic mass is 32.1. The van der Waals surface area contributed by atoms with Crippen LogP contribution in [0, 0.1) is 4.77 Å². The Morgan fingerprint density at radius 1 is 1.24 bits per heavy atom. The molecule has 1 aromatic heterocycles. The second kappa shape index (κ2) is 4.52. The van der Waals surface area contributed by atoms with E-state index >= 15 is 0 Å². The number of aryl methyl sites for hydroxylation is 1. The van der Waals surface area contributed by atoms with E-state index < -0.39 is 12.6 Å². The van der Waals surface area contributed by atoms with Crippen molar-refractivity contribution in [2.24, 2.45) is 0 Å². The summed E-state index contributed by atoms with van der Waals surface area (Å²) in [5.74, 6) is 0. The number of rotatable bonds is 3. The van der Waals surface area contributed by atoms with Gasteiger partial charge in [-0.15, -0.1) is 0 Å². The van der Waals surface area contributed by atoms with Crippen molar-refractivity contribution in [2.75, 3.05) is 0 Å².